The summed E-state index contributed by atoms with van der Waals surface area (Å²) < 4.78 is 1.97. The van der Waals surface area contributed by atoms with E-state index in [0.29, 0.717) is 5.69 Å². The van der Waals surface area contributed by atoms with Crippen molar-refractivity contribution in [1.29, 1.82) is 0 Å². The molecule has 2 aromatic carbocycles. The van der Waals surface area contributed by atoms with Gasteiger partial charge in [-0.15, -0.1) is 0 Å². The molecule has 0 aliphatic carbocycles. The number of nitrogens with one attached hydrogen (secondary N) is 1. The number of hydrogen-bond acceptors (Lipinski definition) is 4. The number of para-hydroxylation sites is 2. The third-order valence-electron chi connectivity index (χ3n) is 3.63. The summed E-state index contributed by atoms with van der Waals surface area (Å²) in [6.45, 7) is -0.194. The highest BCUT2D eigenvalue weighted by molar-refractivity contribution is 5.90. The Kier molecular flexibility index (Phi) is 4.51. The van der Waals surface area contributed by atoms with E-state index in [9.17, 15) is 14.9 Å². The van der Waals surface area contributed by atoms with Crippen LogP contribution in [0.1, 0.15) is 12.8 Å². The highest BCUT2D eigenvalue weighted by atomic mass is 16.6. The first-order valence-corrected chi connectivity index (χ1v) is 7.57. The molecule has 0 unspecified atom stereocenters. The van der Waals surface area contributed by atoms with Gasteiger partial charge in [0.05, 0.1) is 11.0 Å². The van der Waals surface area contributed by atoms with Crippen molar-refractivity contribution in [2.75, 3.05) is 11.9 Å². The molecule has 1 N–H and O–H groups in total. The molecule has 122 valence electrons. The fourth-order valence-electron chi connectivity index (χ4n) is 2.46. The van der Waals surface area contributed by atoms with E-state index in [1.807, 2.05) is 41.0 Å². The Morgan fingerprint density at radius 3 is 2.67 bits per heavy atom. The lowest BCUT2D eigenvalue weighted by atomic mass is 10.2. The zero-order valence-corrected chi connectivity index (χ0v) is 12.9. The molecule has 1 amide bonds. The fourth-order valence-corrected chi connectivity index (χ4v) is 2.46. The molecule has 0 saturated carbocycles. The van der Waals surface area contributed by atoms with E-state index in [0.717, 1.165) is 16.7 Å². The molecule has 1 aromatic heterocycles. The number of aromatic nitrogens is 2. The summed E-state index contributed by atoms with van der Waals surface area (Å²) >= 11 is 0. The van der Waals surface area contributed by atoms with Gasteiger partial charge in [0.2, 0.25) is 12.5 Å². The number of amides is 1. The van der Waals surface area contributed by atoms with Gasteiger partial charge < -0.3 is 5.32 Å². The maximum atomic E-state index is 11.7. The Labute approximate surface area is 138 Å². The van der Waals surface area contributed by atoms with Gasteiger partial charge in [-0.1, -0.05) is 12.1 Å². The molecule has 7 heteroatoms. The maximum absolute atomic E-state index is 11.7. The van der Waals surface area contributed by atoms with Gasteiger partial charge >= 0.3 is 0 Å². The molecule has 7 nitrogen and oxygen atoms in total. The lowest BCUT2D eigenvalue weighted by molar-refractivity contribution is -0.480. The molecule has 3 aromatic rings. The van der Waals surface area contributed by atoms with Gasteiger partial charge in [-0.05, 0) is 36.4 Å². The standard InChI is InChI=1S/C17H16N4O3/c22-17(6-3-11-21(23)24)19-13-7-9-14(10-8-13)20-12-18-15-4-1-2-5-16(15)20/h1-2,4-5,7-10,12H,3,6,11H2,(H,19,22). The molecule has 0 fully saturated rings. The van der Waals surface area contributed by atoms with E-state index in [1.165, 1.54) is 0 Å². The molecule has 0 atom stereocenters. The predicted octanol–water partition coefficient (Wildman–Crippen LogP) is 3.02. The Balaban J connectivity index is 1.67. The van der Waals surface area contributed by atoms with Crippen LogP contribution in [0.15, 0.2) is 54.9 Å². The molecule has 0 bridgehead atoms. The van der Waals surface area contributed by atoms with Crippen molar-refractivity contribution in [2.24, 2.45) is 0 Å². The first kappa shape index (κ1) is 15.7. The van der Waals surface area contributed by atoms with E-state index < -0.39 is 4.92 Å². The molecule has 1 heterocycles. The number of anilines is 1. The van der Waals surface area contributed by atoms with Crippen molar-refractivity contribution in [3.05, 3.63) is 65.0 Å². The lowest BCUT2D eigenvalue weighted by Gasteiger charge is -2.07. The predicted molar refractivity (Wildman–Crippen MR) is 90.8 cm³/mol. The van der Waals surface area contributed by atoms with Gasteiger partial charge in [0.25, 0.3) is 0 Å². The van der Waals surface area contributed by atoms with Crippen molar-refractivity contribution < 1.29 is 9.72 Å². The van der Waals surface area contributed by atoms with Crippen LogP contribution < -0.4 is 5.32 Å². The van der Waals surface area contributed by atoms with Crippen LogP contribution in [0.3, 0.4) is 0 Å². The lowest BCUT2D eigenvalue weighted by Crippen LogP contribution is -2.13. The molecule has 0 aliphatic rings. The molecule has 3 rings (SSSR count). The second-order valence-electron chi connectivity index (χ2n) is 5.36. The molecule has 0 radical (unpaired) electrons. The molecule has 24 heavy (non-hydrogen) atoms. The summed E-state index contributed by atoms with van der Waals surface area (Å²) in [6.07, 6.45) is 2.13. The van der Waals surface area contributed by atoms with Crippen molar-refractivity contribution >= 4 is 22.6 Å². The summed E-state index contributed by atoms with van der Waals surface area (Å²) in [5, 5.41) is 13.0. The van der Waals surface area contributed by atoms with Gasteiger partial charge in [-0.2, -0.15) is 0 Å². The van der Waals surface area contributed by atoms with Crippen LogP contribution in [-0.2, 0) is 4.79 Å². The van der Waals surface area contributed by atoms with Crippen LogP contribution >= 0.6 is 0 Å². The number of benzene rings is 2. The average Bonchev–Trinajstić information content (AvgIpc) is 2.99. The number of carbonyl (C=O) groups is 1. The van der Waals surface area contributed by atoms with E-state index >= 15 is 0 Å². The average molecular weight is 324 g/mol. The fraction of sp³-hybridized carbons (Fsp3) is 0.176. The largest absolute Gasteiger partial charge is 0.326 e. The summed E-state index contributed by atoms with van der Waals surface area (Å²) in [5.41, 5.74) is 3.53. The highest BCUT2D eigenvalue weighted by Crippen LogP contribution is 2.19. The van der Waals surface area contributed by atoms with E-state index in [1.54, 1.807) is 18.5 Å². The van der Waals surface area contributed by atoms with Gasteiger partial charge in [-0.3, -0.25) is 19.5 Å². The van der Waals surface area contributed by atoms with E-state index in [-0.39, 0.29) is 25.3 Å². The normalized spacial score (nSPS) is 10.7. The number of fused-ring (bicyclic) bond motifs is 1. The minimum Gasteiger partial charge on any atom is -0.326 e. The number of carbonyl (C=O) groups excluding carboxylic acids is 1. The Bertz CT molecular complexity index is 871. The van der Waals surface area contributed by atoms with Crippen molar-refractivity contribution in [1.82, 2.24) is 9.55 Å². The number of nitrogens with zero attached hydrogens (tertiary/aromatic N) is 3. The van der Waals surface area contributed by atoms with Crippen LogP contribution in [0.25, 0.3) is 16.7 Å². The Morgan fingerprint density at radius 1 is 1.17 bits per heavy atom. The SMILES string of the molecule is O=C(CCC[N+](=O)[O-])Nc1ccc(-n2cnc3ccccc32)cc1. The number of hydrogen-bond donors (Lipinski definition) is 1. The van der Waals surface area contributed by atoms with Gasteiger partial charge in [-0.25, -0.2) is 4.98 Å². The van der Waals surface area contributed by atoms with Crippen molar-refractivity contribution in [3.63, 3.8) is 0 Å². The summed E-state index contributed by atoms with van der Waals surface area (Å²) in [4.78, 5) is 25.9. The quantitative estimate of drug-likeness (QED) is 0.557. The van der Waals surface area contributed by atoms with Crippen LogP contribution in [0.2, 0.25) is 0 Å². The summed E-state index contributed by atoms with van der Waals surface area (Å²) in [7, 11) is 0. The zero-order chi connectivity index (χ0) is 16.9. The second kappa shape index (κ2) is 6.91. The Hall–Kier alpha value is -3.22. The first-order valence-electron chi connectivity index (χ1n) is 7.57. The number of nitro groups is 1. The minimum atomic E-state index is -0.419. The van der Waals surface area contributed by atoms with Crippen LogP contribution in [-0.4, -0.2) is 26.9 Å². The number of rotatable bonds is 6. The van der Waals surface area contributed by atoms with Crippen molar-refractivity contribution in [2.45, 2.75) is 12.8 Å². The van der Waals surface area contributed by atoms with Crippen molar-refractivity contribution in [3.8, 4) is 5.69 Å². The van der Waals surface area contributed by atoms with Crippen LogP contribution in [0.5, 0.6) is 0 Å². The highest BCUT2D eigenvalue weighted by Gasteiger charge is 2.07. The van der Waals surface area contributed by atoms with Gasteiger partial charge in [0.15, 0.2) is 0 Å². The minimum absolute atomic E-state index is 0.134. The monoisotopic (exact) mass is 324 g/mol. The number of imidazole rings is 1. The molecular formula is C17H16N4O3. The topological polar surface area (TPSA) is 90.1 Å². The van der Waals surface area contributed by atoms with Crippen LogP contribution in [0, 0.1) is 10.1 Å². The molecule has 0 spiro atoms. The van der Waals surface area contributed by atoms with E-state index in [4.69, 9.17) is 0 Å². The van der Waals surface area contributed by atoms with Crippen LogP contribution in [0.4, 0.5) is 5.69 Å². The molecule has 0 saturated heterocycles. The molecule has 0 aliphatic heterocycles. The smallest absolute Gasteiger partial charge is 0.224 e. The third-order valence-corrected chi connectivity index (χ3v) is 3.63. The Morgan fingerprint density at radius 2 is 1.92 bits per heavy atom. The van der Waals surface area contributed by atoms with Gasteiger partial charge in [0.1, 0.15) is 6.33 Å². The summed E-state index contributed by atoms with van der Waals surface area (Å²) in [6, 6.07) is 15.2. The van der Waals surface area contributed by atoms with E-state index in [2.05, 4.69) is 10.3 Å². The summed E-state index contributed by atoms with van der Waals surface area (Å²) in [5.74, 6) is -0.224. The molecular weight excluding hydrogens is 308 g/mol. The van der Waals surface area contributed by atoms with Gasteiger partial charge in [0, 0.05) is 29.1 Å². The second-order valence-corrected chi connectivity index (χ2v) is 5.36. The first-order chi connectivity index (χ1) is 11.6. The maximum Gasteiger partial charge on any atom is 0.224 e. The third kappa shape index (κ3) is 3.57. The zero-order valence-electron chi connectivity index (χ0n) is 12.9.